The molecule has 0 saturated heterocycles. The van der Waals surface area contributed by atoms with Crippen molar-refractivity contribution in [2.24, 2.45) is 11.1 Å². The maximum Gasteiger partial charge on any atom is 0.335 e. The monoisotopic (exact) mass is 252 g/mol. The van der Waals surface area contributed by atoms with E-state index in [0.29, 0.717) is 12.8 Å². The van der Waals surface area contributed by atoms with E-state index in [1.165, 1.54) is 12.1 Å². The Morgan fingerprint density at radius 3 is 2.56 bits per heavy atom. The van der Waals surface area contributed by atoms with E-state index in [1.807, 2.05) is 0 Å². The van der Waals surface area contributed by atoms with E-state index in [9.17, 15) is 14.0 Å². The lowest BCUT2D eigenvalue weighted by Crippen LogP contribution is -2.31. The van der Waals surface area contributed by atoms with Crippen molar-refractivity contribution in [3.8, 4) is 0 Å². The van der Waals surface area contributed by atoms with Gasteiger partial charge in [-0.15, -0.1) is 0 Å². The van der Waals surface area contributed by atoms with Gasteiger partial charge in [0.2, 0.25) is 5.91 Å². The first-order valence-electron chi connectivity index (χ1n) is 5.53. The van der Waals surface area contributed by atoms with E-state index >= 15 is 0 Å². The Morgan fingerprint density at radius 2 is 2.11 bits per heavy atom. The number of benzene rings is 1. The van der Waals surface area contributed by atoms with Crippen molar-refractivity contribution in [2.45, 2.75) is 12.8 Å². The summed E-state index contributed by atoms with van der Waals surface area (Å²) in [6.45, 7) is 0.230. The maximum absolute atomic E-state index is 13.6. The highest BCUT2D eigenvalue weighted by molar-refractivity contribution is 5.98. The maximum atomic E-state index is 13.6. The zero-order chi connectivity index (χ0) is 13.3. The van der Waals surface area contributed by atoms with Crippen LogP contribution >= 0.6 is 0 Å². The van der Waals surface area contributed by atoms with Crippen LogP contribution in [0.1, 0.15) is 23.2 Å². The quantitative estimate of drug-likeness (QED) is 0.750. The van der Waals surface area contributed by atoms with Crippen LogP contribution in [-0.2, 0) is 4.79 Å². The average Bonchev–Trinajstić information content (AvgIpc) is 3.12. The van der Waals surface area contributed by atoms with Crippen LogP contribution in [-0.4, -0.2) is 23.5 Å². The van der Waals surface area contributed by atoms with Gasteiger partial charge in [0, 0.05) is 6.54 Å². The van der Waals surface area contributed by atoms with E-state index in [0.717, 1.165) is 6.07 Å². The van der Waals surface area contributed by atoms with Crippen LogP contribution in [0.5, 0.6) is 0 Å². The van der Waals surface area contributed by atoms with Gasteiger partial charge in [-0.1, -0.05) is 0 Å². The molecule has 2 rings (SSSR count). The number of rotatable bonds is 4. The van der Waals surface area contributed by atoms with Gasteiger partial charge < -0.3 is 16.2 Å². The molecule has 1 saturated carbocycles. The molecule has 0 heterocycles. The molecule has 0 bridgehead atoms. The fourth-order valence-electron chi connectivity index (χ4n) is 1.68. The van der Waals surface area contributed by atoms with Gasteiger partial charge in [-0.2, -0.15) is 0 Å². The molecule has 0 spiro atoms. The number of hydrogen-bond acceptors (Lipinski definition) is 3. The number of anilines is 1. The lowest BCUT2D eigenvalue weighted by atomic mass is 10.1. The molecule has 96 valence electrons. The van der Waals surface area contributed by atoms with E-state index in [4.69, 9.17) is 10.8 Å². The largest absolute Gasteiger partial charge is 0.478 e. The molecule has 1 aliphatic carbocycles. The van der Waals surface area contributed by atoms with Gasteiger partial charge in [-0.05, 0) is 31.0 Å². The Morgan fingerprint density at radius 1 is 1.44 bits per heavy atom. The molecule has 0 radical (unpaired) electrons. The summed E-state index contributed by atoms with van der Waals surface area (Å²) in [7, 11) is 0. The summed E-state index contributed by atoms with van der Waals surface area (Å²) in [6, 6.07) is 3.35. The molecule has 1 aromatic carbocycles. The van der Waals surface area contributed by atoms with Crippen molar-refractivity contribution >= 4 is 17.6 Å². The van der Waals surface area contributed by atoms with Crippen LogP contribution in [0.25, 0.3) is 0 Å². The summed E-state index contributed by atoms with van der Waals surface area (Å²) in [6.07, 6.45) is 1.40. The molecule has 1 fully saturated rings. The van der Waals surface area contributed by atoms with Crippen LogP contribution in [0.3, 0.4) is 0 Å². The zero-order valence-electron chi connectivity index (χ0n) is 9.57. The van der Waals surface area contributed by atoms with Gasteiger partial charge in [-0.3, -0.25) is 4.79 Å². The van der Waals surface area contributed by atoms with Crippen molar-refractivity contribution in [2.75, 3.05) is 11.9 Å². The minimum absolute atomic E-state index is 0.0234. The van der Waals surface area contributed by atoms with E-state index in [1.54, 1.807) is 0 Å². The van der Waals surface area contributed by atoms with Gasteiger partial charge in [0.1, 0.15) is 5.82 Å². The summed E-state index contributed by atoms with van der Waals surface area (Å²) >= 11 is 0. The molecule has 0 aromatic heterocycles. The Labute approximate surface area is 103 Å². The first-order valence-corrected chi connectivity index (χ1v) is 5.53. The Bertz CT molecular complexity index is 512. The van der Waals surface area contributed by atoms with Crippen molar-refractivity contribution < 1.29 is 19.1 Å². The standard InChI is InChI=1S/C12H13FN2O3/c13-8-5-7(10(16)17)1-2-9(8)15-11(18)12(6-14)3-4-12/h1-2,5H,3-4,6,14H2,(H,15,18)(H,16,17). The van der Waals surface area contributed by atoms with Crippen molar-refractivity contribution in [3.05, 3.63) is 29.6 Å². The van der Waals surface area contributed by atoms with Crippen LogP contribution < -0.4 is 11.1 Å². The first kappa shape index (κ1) is 12.5. The average molecular weight is 252 g/mol. The number of carbonyl (C=O) groups is 2. The summed E-state index contributed by atoms with van der Waals surface area (Å²) in [5.74, 6) is -2.30. The molecular formula is C12H13FN2O3. The van der Waals surface area contributed by atoms with E-state index in [-0.39, 0.29) is 23.7 Å². The van der Waals surface area contributed by atoms with Gasteiger partial charge in [0.25, 0.3) is 0 Å². The highest BCUT2D eigenvalue weighted by Crippen LogP contribution is 2.45. The minimum Gasteiger partial charge on any atom is -0.478 e. The molecule has 4 N–H and O–H groups in total. The SMILES string of the molecule is NCC1(C(=O)Nc2ccc(C(=O)O)cc2F)CC1. The predicted octanol–water partition coefficient (Wildman–Crippen LogP) is 1.20. The summed E-state index contributed by atoms with van der Waals surface area (Å²) in [5.41, 5.74) is 4.74. The van der Waals surface area contributed by atoms with Crippen LogP contribution in [0.15, 0.2) is 18.2 Å². The fraction of sp³-hybridized carbons (Fsp3) is 0.333. The molecule has 0 atom stereocenters. The smallest absolute Gasteiger partial charge is 0.335 e. The first-order chi connectivity index (χ1) is 8.48. The molecular weight excluding hydrogens is 239 g/mol. The highest BCUT2D eigenvalue weighted by Gasteiger charge is 2.48. The number of carboxylic acid groups (broad SMARTS) is 1. The number of amides is 1. The predicted molar refractivity (Wildman–Crippen MR) is 62.7 cm³/mol. The third-order valence-corrected chi connectivity index (χ3v) is 3.19. The topological polar surface area (TPSA) is 92.4 Å². The third kappa shape index (κ3) is 2.19. The molecule has 1 amide bonds. The molecule has 6 heteroatoms. The number of nitrogens with two attached hydrogens (primary N) is 1. The highest BCUT2D eigenvalue weighted by atomic mass is 19.1. The Balaban J connectivity index is 2.15. The Kier molecular flexibility index (Phi) is 3.04. The van der Waals surface area contributed by atoms with Gasteiger partial charge in [0.05, 0.1) is 16.7 Å². The minimum atomic E-state index is -1.22. The lowest BCUT2D eigenvalue weighted by Gasteiger charge is -2.13. The fourth-order valence-corrected chi connectivity index (χ4v) is 1.68. The number of nitrogens with one attached hydrogen (secondary N) is 1. The Hall–Kier alpha value is -1.95. The van der Waals surface area contributed by atoms with Crippen molar-refractivity contribution in [3.63, 3.8) is 0 Å². The second-order valence-electron chi connectivity index (χ2n) is 4.44. The van der Waals surface area contributed by atoms with Crippen molar-refractivity contribution in [1.82, 2.24) is 0 Å². The molecule has 1 aromatic rings. The molecule has 0 unspecified atom stereocenters. The number of halogens is 1. The van der Waals surface area contributed by atoms with Gasteiger partial charge >= 0.3 is 5.97 Å². The number of aromatic carboxylic acids is 1. The third-order valence-electron chi connectivity index (χ3n) is 3.19. The number of carbonyl (C=O) groups excluding carboxylic acids is 1. The number of hydrogen-bond donors (Lipinski definition) is 3. The molecule has 0 aliphatic heterocycles. The van der Waals surface area contributed by atoms with Crippen molar-refractivity contribution in [1.29, 1.82) is 0 Å². The second-order valence-corrected chi connectivity index (χ2v) is 4.44. The zero-order valence-corrected chi connectivity index (χ0v) is 9.57. The van der Waals surface area contributed by atoms with E-state index in [2.05, 4.69) is 5.32 Å². The summed E-state index contributed by atoms with van der Waals surface area (Å²) in [5, 5.41) is 11.1. The normalized spacial score (nSPS) is 16.1. The molecule has 1 aliphatic rings. The van der Waals surface area contributed by atoms with Crippen LogP contribution in [0.4, 0.5) is 10.1 Å². The van der Waals surface area contributed by atoms with Gasteiger partial charge in [-0.25, -0.2) is 9.18 Å². The lowest BCUT2D eigenvalue weighted by molar-refractivity contribution is -0.120. The second kappa shape index (κ2) is 4.38. The van der Waals surface area contributed by atoms with Crippen LogP contribution in [0.2, 0.25) is 0 Å². The molecule has 18 heavy (non-hydrogen) atoms. The molecule has 5 nitrogen and oxygen atoms in total. The summed E-state index contributed by atoms with van der Waals surface area (Å²) < 4.78 is 13.6. The van der Waals surface area contributed by atoms with Crippen LogP contribution in [0, 0.1) is 11.2 Å². The number of carboxylic acids is 1. The summed E-state index contributed by atoms with van der Waals surface area (Å²) in [4.78, 5) is 22.5. The van der Waals surface area contributed by atoms with Gasteiger partial charge in [0.15, 0.2) is 0 Å². The van der Waals surface area contributed by atoms with E-state index < -0.39 is 17.2 Å².